The predicted octanol–water partition coefficient (Wildman–Crippen LogP) is 5.10. The van der Waals surface area contributed by atoms with Gasteiger partial charge in [-0.05, 0) is 67.3 Å². The Hall–Kier alpha value is -1.54. The molecule has 0 unspecified atom stereocenters. The lowest BCUT2D eigenvalue weighted by Crippen LogP contribution is -2.40. The number of piperidine rings is 1. The molecule has 0 saturated carbocycles. The van der Waals surface area contributed by atoms with Gasteiger partial charge in [0.15, 0.2) is 0 Å². The number of hydrogen-bond acceptors (Lipinski definition) is 2. The maximum atomic E-state index is 13.1. The lowest BCUT2D eigenvalue weighted by Gasteiger charge is -2.33. The second kappa shape index (κ2) is 9.41. The number of nitrogens with zero attached hydrogens (tertiary/aromatic N) is 2. The quantitative estimate of drug-likeness (QED) is 0.359. The Morgan fingerprint density at radius 2 is 1.77 bits per heavy atom. The highest BCUT2D eigenvalue weighted by Gasteiger charge is 2.19. The maximum absolute atomic E-state index is 13.1. The van der Waals surface area contributed by atoms with E-state index in [1.807, 2.05) is 59.3 Å². The second-order valence-electron chi connectivity index (χ2n) is 6.35. The summed E-state index contributed by atoms with van der Waals surface area (Å²) in [5, 5.41) is 7.37. The Kier molecular flexibility index (Phi) is 6.96. The molecule has 0 aromatic heterocycles. The van der Waals surface area contributed by atoms with E-state index in [9.17, 15) is 4.39 Å². The molecule has 138 valence electrons. The zero-order valence-electron chi connectivity index (χ0n) is 14.3. The molecule has 3 rings (SSSR count). The van der Waals surface area contributed by atoms with Gasteiger partial charge in [-0.3, -0.25) is 0 Å². The van der Waals surface area contributed by atoms with Crippen LogP contribution < -0.4 is 15.5 Å². The van der Waals surface area contributed by atoms with Crippen LogP contribution in [0.4, 0.5) is 15.8 Å². The van der Waals surface area contributed by atoms with Crippen molar-refractivity contribution in [1.82, 2.24) is 5.32 Å². The maximum Gasteiger partial charge on any atom is 0.206 e. The van der Waals surface area contributed by atoms with Crippen LogP contribution in [0, 0.1) is 11.7 Å². The zero-order chi connectivity index (χ0) is 18.4. The molecule has 1 aliphatic rings. The third-order valence-electron chi connectivity index (χ3n) is 4.56. The van der Waals surface area contributed by atoms with Crippen molar-refractivity contribution in [2.45, 2.75) is 12.8 Å². The minimum atomic E-state index is -0.188. The molecule has 0 spiro atoms. The lowest BCUT2D eigenvalue weighted by atomic mass is 9.96. The molecule has 2 aromatic carbocycles. The first kappa shape index (κ1) is 19.2. The van der Waals surface area contributed by atoms with Crippen LogP contribution >= 0.6 is 34.5 Å². The molecule has 1 aliphatic heterocycles. The number of guanidine groups is 1. The lowest BCUT2D eigenvalue weighted by molar-refractivity contribution is 0.402. The van der Waals surface area contributed by atoms with Gasteiger partial charge in [-0.25, -0.2) is 4.39 Å². The molecule has 0 aliphatic carbocycles. The zero-order valence-corrected chi connectivity index (χ0v) is 17.2. The molecular formula is C19H21ClFIN4. The largest absolute Gasteiger partial charge is 0.372 e. The van der Waals surface area contributed by atoms with E-state index in [2.05, 4.69) is 18.7 Å². The van der Waals surface area contributed by atoms with Crippen molar-refractivity contribution in [3.8, 4) is 0 Å². The molecule has 0 atom stereocenters. The SMILES string of the molecule is Fc1ccc(N2CCC(CN/C(=N/I)Nc3ccc(Cl)cc3)CC2)cc1. The van der Waals surface area contributed by atoms with Gasteiger partial charge in [0.05, 0.1) is 22.9 Å². The first-order valence-corrected chi connectivity index (χ1v) is 9.94. The second-order valence-corrected chi connectivity index (χ2v) is 7.27. The predicted molar refractivity (Wildman–Crippen MR) is 116 cm³/mol. The van der Waals surface area contributed by atoms with Crippen LogP contribution in [0.15, 0.2) is 51.7 Å². The molecule has 2 aromatic rings. The minimum absolute atomic E-state index is 0.188. The summed E-state index contributed by atoms with van der Waals surface area (Å²) < 4.78 is 17.3. The fourth-order valence-corrected chi connectivity index (χ4v) is 3.47. The Labute approximate surface area is 172 Å². The van der Waals surface area contributed by atoms with E-state index in [4.69, 9.17) is 11.6 Å². The monoisotopic (exact) mass is 486 g/mol. The Morgan fingerprint density at radius 1 is 1.12 bits per heavy atom. The summed E-state index contributed by atoms with van der Waals surface area (Å²) >= 11 is 7.90. The summed E-state index contributed by atoms with van der Waals surface area (Å²) in [5.74, 6) is 1.15. The molecule has 4 nitrogen and oxygen atoms in total. The molecule has 2 N–H and O–H groups in total. The number of benzene rings is 2. The highest BCUT2D eigenvalue weighted by Crippen LogP contribution is 2.23. The smallest absolute Gasteiger partial charge is 0.206 e. The van der Waals surface area contributed by atoms with E-state index in [0.717, 1.165) is 49.8 Å². The molecule has 1 heterocycles. The van der Waals surface area contributed by atoms with Crippen molar-refractivity contribution in [2.75, 3.05) is 29.9 Å². The molecular weight excluding hydrogens is 466 g/mol. The van der Waals surface area contributed by atoms with Gasteiger partial charge >= 0.3 is 0 Å². The van der Waals surface area contributed by atoms with Gasteiger partial charge in [0, 0.05) is 36.0 Å². The van der Waals surface area contributed by atoms with E-state index in [1.165, 1.54) is 12.1 Å². The van der Waals surface area contributed by atoms with Crippen LogP contribution in [-0.2, 0) is 0 Å². The molecule has 1 fully saturated rings. The van der Waals surface area contributed by atoms with E-state index >= 15 is 0 Å². The summed E-state index contributed by atoms with van der Waals surface area (Å²) in [6.45, 7) is 2.85. The Bertz CT molecular complexity index is 728. The number of hydrogen-bond donors (Lipinski definition) is 2. The number of halogens is 3. The molecule has 0 amide bonds. The van der Waals surface area contributed by atoms with E-state index in [1.54, 1.807) is 0 Å². The average molecular weight is 487 g/mol. The van der Waals surface area contributed by atoms with Crippen LogP contribution in [0.1, 0.15) is 12.8 Å². The van der Waals surface area contributed by atoms with Gasteiger partial charge in [-0.15, -0.1) is 0 Å². The van der Waals surface area contributed by atoms with E-state index in [0.29, 0.717) is 10.9 Å². The number of anilines is 2. The summed E-state index contributed by atoms with van der Waals surface area (Å²) in [5.41, 5.74) is 2.04. The first-order valence-electron chi connectivity index (χ1n) is 8.60. The van der Waals surface area contributed by atoms with Crippen LogP contribution in [0.5, 0.6) is 0 Å². The van der Waals surface area contributed by atoms with E-state index < -0.39 is 0 Å². The first-order chi connectivity index (χ1) is 12.6. The topological polar surface area (TPSA) is 39.7 Å². The molecule has 26 heavy (non-hydrogen) atoms. The summed E-state index contributed by atoms with van der Waals surface area (Å²) in [7, 11) is 0. The van der Waals surface area contributed by atoms with Gasteiger partial charge in [0.1, 0.15) is 5.82 Å². The third-order valence-corrected chi connectivity index (χ3v) is 5.29. The normalized spacial score (nSPS) is 15.8. The van der Waals surface area contributed by atoms with Crippen molar-refractivity contribution in [3.63, 3.8) is 0 Å². The van der Waals surface area contributed by atoms with Gasteiger partial charge < -0.3 is 15.5 Å². The highest BCUT2D eigenvalue weighted by atomic mass is 127. The highest BCUT2D eigenvalue weighted by molar-refractivity contribution is 14.1. The van der Waals surface area contributed by atoms with Crippen LogP contribution in [0.3, 0.4) is 0 Å². The van der Waals surface area contributed by atoms with Crippen molar-refractivity contribution in [2.24, 2.45) is 9.12 Å². The van der Waals surface area contributed by atoms with Gasteiger partial charge in [0.2, 0.25) is 5.96 Å². The van der Waals surface area contributed by atoms with Gasteiger partial charge in [-0.1, -0.05) is 11.6 Å². The molecule has 1 saturated heterocycles. The van der Waals surface area contributed by atoms with Gasteiger partial charge in [-0.2, -0.15) is 3.21 Å². The van der Waals surface area contributed by atoms with Gasteiger partial charge in [0.25, 0.3) is 0 Å². The minimum Gasteiger partial charge on any atom is -0.372 e. The van der Waals surface area contributed by atoms with Crippen molar-refractivity contribution in [3.05, 3.63) is 59.4 Å². The van der Waals surface area contributed by atoms with Crippen molar-refractivity contribution < 1.29 is 4.39 Å². The summed E-state index contributed by atoms with van der Waals surface area (Å²) in [6, 6.07) is 14.3. The third kappa shape index (κ3) is 5.48. The van der Waals surface area contributed by atoms with Crippen molar-refractivity contribution in [1.29, 1.82) is 0 Å². The molecule has 0 bridgehead atoms. The Balaban J connectivity index is 1.45. The number of nitrogens with one attached hydrogen (secondary N) is 2. The van der Waals surface area contributed by atoms with Crippen molar-refractivity contribution >= 4 is 51.8 Å². The Morgan fingerprint density at radius 3 is 2.38 bits per heavy atom. The van der Waals surface area contributed by atoms with E-state index in [-0.39, 0.29) is 5.82 Å². The molecule has 0 radical (unpaired) electrons. The van der Waals surface area contributed by atoms with Crippen LogP contribution in [0.25, 0.3) is 0 Å². The van der Waals surface area contributed by atoms with Crippen LogP contribution in [0.2, 0.25) is 5.02 Å². The average Bonchev–Trinajstić information content (AvgIpc) is 2.68. The fourth-order valence-electron chi connectivity index (χ4n) is 3.05. The standard InChI is InChI=1S/C19H21ClFIN4/c20-15-1-5-17(6-2-15)24-19(25-22)23-13-14-9-11-26(12-10-14)18-7-3-16(21)4-8-18/h1-8,14H,9-13H2,(H2,23,24,25). The van der Waals surface area contributed by atoms with Crippen LogP contribution in [-0.4, -0.2) is 25.6 Å². The summed E-state index contributed by atoms with van der Waals surface area (Å²) in [6.07, 6.45) is 2.19. The summed E-state index contributed by atoms with van der Waals surface area (Å²) in [4.78, 5) is 2.31. The fraction of sp³-hybridized carbons (Fsp3) is 0.316. The number of rotatable bonds is 4. The molecule has 7 heteroatoms.